The lowest BCUT2D eigenvalue weighted by atomic mass is 10.2. The van der Waals surface area contributed by atoms with E-state index in [1.54, 1.807) is 6.20 Å². The molecule has 0 aliphatic rings. The Labute approximate surface area is 103 Å². The number of nitrogens with one attached hydrogen (secondary N) is 1. The molecule has 0 aromatic carbocycles. The van der Waals surface area contributed by atoms with Crippen LogP contribution in [-0.4, -0.2) is 31.2 Å². The first-order chi connectivity index (χ1) is 8.69. The minimum Gasteiger partial charge on any atom is -0.390 e. The maximum Gasteiger partial charge on any atom is 0.490 e. The zero-order valence-electron chi connectivity index (χ0n) is 9.78. The van der Waals surface area contributed by atoms with Gasteiger partial charge in [0.1, 0.15) is 5.82 Å². The van der Waals surface area contributed by atoms with Gasteiger partial charge in [-0.1, -0.05) is 4.98 Å². The van der Waals surface area contributed by atoms with Crippen molar-refractivity contribution in [2.45, 2.75) is 13.5 Å². The largest absolute Gasteiger partial charge is 0.490 e. The van der Waals surface area contributed by atoms with E-state index in [0.29, 0.717) is 6.54 Å². The molecule has 94 valence electrons. The summed E-state index contributed by atoms with van der Waals surface area (Å²) in [6.07, 6.45) is 3.02. The molecule has 1 N–H and O–H groups in total. The van der Waals surface area contributed by atoms with Gasteiger partial charge in [0, 0.05) is 17.8 Å². The molecule has 8 heteroatoms. The Balaban J connectivity index is 2.12. The van der Waals surface area contributed by atoms with Crippen molar-refractivity contribution in [3.05, 3.63) is 40.3 Å². The minimum atomic E-state index is -0.618. The number of nitro groups is 1. The zero-order valence-corrected chi connectivity index (χ0v) is 9.78. The molecule has 0 amide bonds. The normalized spacial score (nSPS) is 10.3. The van der Waals surface area contributed by atoms with E-state index in [-0.39, 0.29) is 0 Å². The van der Waals surface area contributed by atoms with Crippen molar-refractivity contribution in [2.24, 2.45) is 0 Å². The van der Waals surface area contributed by atoms with Crippen molar-refractivity contribution >= 4 is 11.8 Å². The lowest BCUT2D eigenvalue weighted by Gasteiger charge is -2.03. The molecule has 0 aliphatic carbocycles. The van der Waals surface area contributed by atoms with Gasteiger partial charge in [-0.3, -0.25) is 0 Å². The first kappa shape index (κ1) is 12.0. The third-order valence-electron chi connectivity index (χ3n) is 2.21. The molecular weight excluding hydrogens is 236 g/mol. The fourth-order valence-corrected chi connectivity index (χ4v) is 1.48. The highest BCUT2D eigenvalue weighted by molar-refractivity contribution is 5.37. The number of nitrogens with zero attached hydrogens (tertiary/aromatic N) is 5. The Morgan fingerprint density at radius 2 is 2.33 bits per heavy atom. The standard InChI is InChI=1S/C10H12N6O2/c1-2-11-9-5-8(3-4-12-9)6-15-7-13-10(14-15)16(17)18/h3-5,7H,2,6H2,1H3,(H,11,12). The lowest BCUT2D eigenvalue weighted by Crippen LogP contribution is -2.04. The molecule has 0 fully saturated rings. The second-order valence-electron chi connectivity index (χ2n) is 3.58. The van der Waals surface area contributed by atoms with E-state index in [4.69, 9.17) is 0 Å². The van der Waals surface area contributed by atoms with E-state index in [1.165, 1.54) is 11.0 Å². The van der Waals surface area contributed by atoms with Gasteiger partial charge in [0.2, 0.25) is 6.33 Å². The quantitative estimate of drug-likeness (QED) is 0.627. The molecule has 2 heterocycles. The third-order valence-corrected chi connectivity index (χ3v) is 2.21. The molecule has 0 saturated carbocycles. The van der Waals surface area contributed by atoms with Crippen LogP contribution in [0.25, 0.3) is 0 Å². The molecule has 2 aromatic rings. The van der Waals surface area contributed by atoms with Crippen molar-refractivity contribution in [1.82, 2.24) is 19.7 Å². The number of hydrogen-bond acceptors (Lipinski definition) is 6. The Morgan fingerprint density at radius 1 is 1.50 bits per heavy atom. The van der Waals surface area contributed by atoms with Crippen LogP contribution >= 0.6 is 0 Å². The van der Waals surface area contributed by atoms with Gasteiger partial charge >= 0.3 is 5.95 Å². The second-order valence-corrected chi connectivity index (χ2v) is 3.58. The van der Waals surface area contributed by atoms with Gasteiger partial charge in [-0.05, 0) is 29.5 Å². The summed E-state index contributed by atoms with van der Waals surface area (Å²) in [6, 6.07) is 3.70. The summed E-state index contributed by atoms with van der Waals surface area (Å²) in [7, 11) is 0. The number of hydrogen-bond donors (Lipinski definition) is 1. The summed E-state index contributed by atoms with van der Waals surface area (Å²) in [5.74, 6) is 0.376. The topological polar surface area (TPSA) is 98.8 Å². The van der Waals surface area contributed by atoms with E-state index in [2.05, 4.69) is 20.4 Å². The average Bonchev–Trinajstić information content (AvgIpc) is 2.78. The second kappa shape index (κ2) is 5.21. The van der Waals surface area contributed by atoms with Crippen LogP contribution in [-0.2, 0) is 6.54 Å². The molecule has 0 atom stereocenters. The molecule has 0 aliphatic heterocycles. The predicted molar refractivity (Wildman–Crippen MR) is 64.2 cm³/mol. The van der Waals surface area contributed by atoms with Gasteiger partial charge in [0.05, 0.1) is 6.54 Å². The molecule has 2 aromatic heterocycles. The zero-order chi connectivity index (χ0) is 13.0. The van der Waals surface area contributed by atoms with E-state index >= 15 is 0 Å². The van der Waals surface area contributed by atoms with Crippen molar-refractivity contribution in [3.63, 3.8) is 0 Å². The van der Waals surface area contributed by atoms with Crippen LogP contribution in [0.5, 0.6) is 0 Å². The highest BCUT2D eigenvalue weighted by Gasteiger charge is 2.13. The van der Waals surface area contributed by atoms with Gasteiger partial charge in [0.25, 0.3) is 0 Å². The molecule has 18 heavy (non-hydrogen) atoms. The molecule has 0 saturated heterocycles. The van der Waals surface area contributed by atoms with Crippen LogP contribution in [0.3, 0.4) is 0 Å². The van der Waals surface area contributed by atoms with E-state index < -0.39 is 10.9 Å². The van der Waals surface area contributed by atoms with Gasteiger partial charge in [-0.15, -0.1) is 0 Å². The first-order valence-electron chi connectivity index (χ1n) is 5.41. The van der Waals surface area contributed by atoms with E-state index in [9.17, 15) is 10.1 Å². The number of rotatable bonds is 5. The first-order valence-corrected chi connectivity index (χ1v) is 5.41. The Bertz CT molecular complexity index is 553. The van der Waals surface area contributed by atoms with Crippen LogP contribution in [0.2, 0.25) is 0 Å². The summed E-state index contributed by atoms with van der Waals surface area (Å²) in [5.41, 5.74) is 0.945. The number of pyridine rings is 1. The summed E-state index contributed by atoms with van der Waals surface area (Å²) >= 11 is 0. The molecular formula is C10H12N6O2. The summed E-state index contributed by atoms with van der Waals surface area (Å²) in [6.45, 7) is 3.18. The monoisotopic (exact) mass is 248 g/mol. The SMILES string of the molecule is CCNc1cc(Cn2cnc([N+](=O)[O-])n2)ccn1. The van der Waals surface area contributed by atoms with Gasteiger partial charge < -0.3 is 15.4 Å². The van der Waals surface area contributed by atoms with Crippen LogP contribution in [0.4, 0.5) is 11.8 Å². The van der Waals surface area contributed by atoms with E-state index in [0.717, 1.165) is 17.9 Å². The van der Waals surface area contributed by atoms with Gasteiger partial charge in [0.15, 0.2) is 0 Å². The molecule has 0 unspecified atom stereocenters. The maximum absolute atomic E-state index is 10.5. The highest BCUT2D eigenvalue weighted by atomic mass is 16.6. The number of anilines is 1. The van der Waals surface area contributed by atoms with Crippen molar-refractivity contribution in [2.75, 3.05) is 11.9 Å². The Hall–Kier alpha value is -2.51. The average molecular weight is 248 g/mol. The van der Waals surface area contributed by atoms with Crippen molar-refractivity contribution < 1.29 is 4.92 Å². The van der Waals surface area contributed by atoms with Crippen molar-refractivity contribution in [3.8, 4) is 0 Å². The Morgan fingerprint density at radius 3 is 3.00 bits per heavy atom. The van der Waals surface area contributed by atoms with Crippen LogP contribution in [0, 0.1) is 10.1 Å². The lowest BCUT2D eigenvalue weighted by molar-refractivity contribution is -0.394. The summed E-state index contributed by atoms with van der Waals surface area (Å²) in [5, 5.41) is 17.3. The summed E-state index contributed by atoms with van der Waals surface area (Å²) < 4.78 is 1.42. The predicted octanol–water partition coefficient (Wildman–Crippen LogP) is 1.06. The van der Waals surface area contributed by atoms with Crippen LogP contribution < -0.4 is 5.32 Å². The molecule has 2 rings (SSSR count). The van der Waals surface area contributed by atoms with Crippen LogP contribution in [0.1, 0.15) is 12.5 Å². The van der Waals surface area contributed by atoms with Gasteiger partial charge in [-0.2, -0.15) is 4.68 Å². The minimum absolute atomic E-state index is 0.393. The van der Waals surface area contributed by atoms with Crippen LogP contribution in [0.15, 0.2) is 24.7 Å². The van der Waals surface area contributed by atoms with E-state index in [1.807, 2.05) is 19.1 Å². The fourth-order valence-electron chi connectivity index (χ4n) is 1.48. The highest BCUT2D eigenvalue weighted by Crippen LogP contribution is 2.09. The van der Waals surface area contributed by atoms with Crippen molar-refractivity contribution in [1.29, 1.82) is 0 Å². The molecule has 0 bridgehead atoms. The molecule has 0 radical (unpaired) electrons. The third kappa shape index (κ3) is 2.78. The fraction of sp³-hybridized carbons (Fsp3) is 0.300. The molecule has 8 nitrogen and oxygen atoms in total. The number of aromatic nitrogens is 4. The van der Waals surface area contributed by atoms with Gasteiger partial charge in [-0.25, -0.2) is 4.98 Å². The Kier molecular flexibility index (Phi) is 3.46. The molecule has 0 spiro atoms. The summed E-state index contributed by atoms with van der Waals surface area (Å²) in [4.78, 5) is 17.6. The smallest absolute Gasteiger partial charge is 0.390 e. The maximum atomic E-state index is 10.5.